The summed E-state index contributed by atoms with van der Waals surface area (Å²) in [6.07, 6.45) is 3.96. The van der Waals surface area contributed by atoms with Gasteiger partial charge in [-0.25, -0.2) is 13.9 Å². The fourth-order valence-corrected chi connectivity index (χ4v) is 3.73. The number of rotatable bonds is 2. The first-order chi connectivity index (χ1) is 12.3. The summed E-state index contributed by atoms with van der Waals surface area (Å²) >= 11 is 0. The van der Waals surface area contributed by atoms with Crippen LogP contribution in [0.1, 0.15) is 18.9 Å². The molecule has 1 aromatic carbocycles. The van der Waals surface area contributed by atoms with Crippen molar-refractivity contribution in [1.82, 2.24) is 24.5 Å². The van der Waals surface area contributed by atoms with E-state index in [1.807, 2.05) is 30.5 Å². The van der Waals surface area contributed by atoms with Crippen molar-refractivity contribution in [1.29, 1.82) is 0 Å². The molecule has 6 nitrogen and oxygen atoms in total. The molecule has 3 aromatic heterocycles. The van der Waals surface area contributed by atoms with E-state index in [0.717, 1.165) is 48.1 Å². The van der Waals surface area contributed by atoms with Crippen molar-refractivity contribution in [2.45, 2.75) is 18.9 Å². The van der Waals surface area contributed by atoms with Gasteiger partial charge >= 0.3 is 5.69 Å². The Hall–Kier alpha value is -2.86. The van der Waals surface area contributed by atoms with Crippen LogP contribution in [0.2, 0.25) is 0 Å². The number of nitrogens with one attached hydrogen (secondary N) is 2. The zero-order valence-corrected chi connectivity index (χ0v) is 13.8. The minimum absolute atomic E-state index is 0.0575. The predicted molar refractivity (Wildman–Crippen MR) is 97.9 cm³/mol. The molecule has 6 heteroatoms. The SMILES string of the molecule is O=c1n([C@H]2CCCNC2)nc2ccc3ccc(-c4ccc[nH]4)cc3n12. The normalized spacial score (nSPS) is 18.2. The lowest BCUT2D eigenvalue weighted by molar-refractivity contribution is 0.339. The molecule has 4 aromatic rings. The van der Waals surface area contributed by atoms with E-state index in [0.29, 0.717) is 5.65 Å². The Kier molecular flexibility index (Phi) is 3.24. The van der Waals surface area contributed by atoms with Gasteiger partial charge in [-0.3, -0.25) is 0 Å². The second-order valence-electron chi connectivity index (χ2n) is 6.61. The van der Waals surface area contributed by atoms with E-state index in [2.05, 4.69) is 33.6 Å². The molecule has 1 saturated heterocycles. The van der Waals surface area contributed by atoms with Crippen LogP contribution in [0.4, 0.5) is 0 Å². The van der Waals surface area contributed by atoms with Gasteiger partial charge in [0.2, 0.25) is 0 Å². The number of aromatic amines is 1. The third-order valence-electron chi connectivity index (χ3n) is 5.04. The molecule has 0 saturated carbocycles. The van der Waals surface area contributed by atoms with Crippen LogP contribution < -0.4 is 11.0 Å². The summed E-state index contributed by atoms with van der Waals surface area (Å²) in [4.78, 5) is 16.3. The van der Waals surface area contributed by atoms with Crippen molar-refractivity contribution in [3.63, 3.8) is 0 Å². The molecule has 2 N–H and O–H groups in total. The molecule has 0 aliphatic carbocycles. The van der Waals surface area contributed by atoms with E-state index >= 15 is 0 Å². The molecule has 1 atom stereocenters. The zero-order chi connectivity index (χ0) is 16.8. The fourth-order valence-electron chi connectivity index (χ4n) is 3.73. The molecule has 0 spiro atoms. The molecule has 4 heterocycles. The number of aromatic nitrogens is 4. The summed E-state index contributed by atoms with van der Waals surface area (Å²) in [6, 6.07) is 14.3. The van der Waals surface area contributed by atoms with Crippen LogP contribution in [0.3, 0.4) is 0 Å². The van der Waals surface area contributed by atoms with Gasteiger partial charge in [-0.15, -0.1) is 5.10 Å². The molecular formula is C19H19N5O. The fraction of sp³-hybridized carbons (Fsp3) is 0.263. The van der Waals surface area contributed by atoms with Gasteiger partial charge in [0, 0.05) is 24.0 Å². The molecule has 0 radical (unpaired) electrons. The van der Waals surface area contributed by atoms with Crippen LogP contribution in [0, 0.1) is 0 Å². The molecular weight excluding hydrogens is 314 g/mol. The average Bonchev–Trinajstić information content (AvgIpc) is 3.30. The molecule has 1 fully saturated rings. The van der Waals surface area contributed by atoms with Crippen molar-refractivity contribution in [3.05, 3.63) is 59.1 Å². The summed E-state index contributed by atoms with van der Waals surface area (Å²) in [5.41, 5.74) is 3.63. The second-order valence-corrected chi connectivity index (χ2v) is 6.61. The molecule has 1 aliphatic rings. The van der Waals surface area contributed by atoms with E-state index in [9.17, 15) is 4.79 Å². The predicted octanol–water partition coefficient (Wildman–Crippen LogP) is 2.57. The Morgan fingerprint density at radius 1 is 1.16 bits per heavy atom. The van der Waals surface area contributed by atoms with Crippen LogP contribution in [-0.4, -0.2) is 32.3 Å². The first kappa shape index (κ1) is 14.5. The van der Waals surface area contributed by atoms with Crippen LogP contribution in [0.15, 0.2) is 53.5 Å². The van der Waals surface area contributed by atoms with Crippen LogP contribution in [0.25, 0.3) is 27.8 Å². The van der Waals surface area contributed by atoms with Crippen LogP contribution in [0.5, 0.6) is 0 Å². The van der Waals surface area contributed by atoms with Gasteiger partial charge in [-0.05, 0) is 55.1 Å². The summed E-state index contributed by atoms with van der Waals surface area (Å²) in [7, 11) is 0. The maximum absolute atomic E-state index is 13.1. The molecule has 126 valence electrons. The Morgan fingerprint density at radius 2 is 2.08 bits per heavy atom. The quantitative estimate of drug-likeness (QED) is 0.592. The molecule has 25 heavy (non-hydrogen) atoms. The lowest BCUT2D eigenvalue weighted by Crippen LogP contribution is -2.36. The molecule has 1 aliphatic heterocycles. The van der Waals surface area contributed by atoms with Gasteiger partial charge in [-0.2, -0.15) is 0 Å². The number of fused-ring (bicyclic) bond motifs is 3. The van der Waals surface area contributed by atoms with E-state index in [1.165, 1.54) is 0 Å². The minimum Gasteiger partial charge on any atom is -0.361 e. The van der Waals surface area contributed by atoms with E-state index in [4.69, 9.17) is 0 Å². The number of nitrogens with zero attached hydrogens (tertiary/aromatic N) is 3. The number of pyridine rings is 1. The van der Waals surface area contributed by atoms with E-state index < -0.39 is 0 Å². The average molecular weight is 333 g/mol. The van der Waals surface area contributed by atoms with Gasteiger partial charge in [0.1, 0.15) is 0 Å². The third-order valence-corrected chi connectivity index (χ3v) is 5.04. The van der Waals surface area contributed by atoms with Gasteiger partial charge in [0.25, 0.3) is 0 Å². The van der Waals surface area contributed by atoms with Crippen molar-refractivity contribution in [2.24, 2.45) is 0 Å². The van der Waals surface area contributed by atoms with Crippen LogP contribution >= 0.6 is 0 Å². The van der Waals surface area contributed by atoms with Gasteiger partial charge in [0.15, 0.2) is 5.65 Å². The largest absolute Gasteiger partial charge is 0.361 e. The van der Waals surface area contributed by atoms with E-state index in [1.54, 1.807) is 9.08 Å². The summed E-state index contributed by atoms with van der Waals surface area (Å²) in [6.45, 7) is 1.82. The number of hydrogen-bond acceptors (Lipinski definition) is 3. The Balaban J connectivity index is 1.74. The van der Waals surface area contributed by atoms with E-state index in [-0.39, 0.29) is 11.7 Å². The minimum atomic E-state index is -0.0575. The smallest absolute Gasteiger partial charge is 0.351 e. The monoisotopic (exact) mass is 333 g/mol. The topological polar surface area (TPSA) is 67.1 Å². The van der Waals surface area contributed by atoms with Crippen molar-refractivity contribution in [2.75, 3.05) is 13.1 Å². The Labute approximate surface area is 144 Å². The van der Waals surface area contributed by atoms with Crippen LogP contribution in [-0.2, 0) is 0 Å². The molecule has 5 rings (SSSR count). The lowest BCUT2D eigenvalue weighted by Gasteiger charge is -2.21. The first-order valence-electron chi connectivity index (χ1n) is 8.70. The summed E-state index contributed by atoms with van der Waals surface area (Å²) in [5.74, 6) is 0. The summed E-state index contributed by atoms with van der Waals surface area (Å²) < 4.78 is 3.39. The highest BCUT2D eigenvalue weighted by molar-refractivity contribution is 5.86. The molecule has 0 amide bonds. The first-order valence-corrected chi connectivity index (χ1v) is 8.70. The number of piperidine rings is 1. The Morgan fingerprint density at radius 3 is 2.88 bits per heavy atom. The lowest BCUT2D eigenvalue weighted by atomic mass is 10.1. The molecule has 0 bridgehead atoms. The van der Waals surface area contributed by atoms with Crippen molar-refractivity contribution < 1.29 is 0 Å². The van der Waals surface area contributed by atoms with Gasteiger partial charge < -0.3 is 10.3 Å². The maximum atomic E-state index is 13.1. The number of benzene rings is 1. The van der Waals surface area contributed by atoms with Gasteiger partial charge in [0.05, 0.1) is 11.6 Å². The molecule has 0 unspecified atom stereocenters. The zero-order valence-electron chi connectivity index (χ0n) is 13.8. The van der Waals surface area contributed by atoms with Crippen molar-refractivity contribution in [3.8, 4) is 11.3 Å². The second kappa shape index (κ2) is 5.60. The number of H-pyrrole nitrogens is 1. The maximum Gasteiger partial charge on any atom is 0.351 e. The van der Waals surface area contributed by atoms with Crippen molar-refractivity contribution >= 4 is 16.6 Å². The van der Waals surface area contributed by atoms with Gasteiger partial charge in [-0.1, -0.05) is 12.1 Å². The number of hydrogen-bond donors (Lipinski definition) is 2. The highest BCUT2D eigenvalue weighted by atomic mass is 16.2. The highest BCUT2D eigenvalue weighted by Crippen LogP contribution is 2.24. The highest BCUT2D eigenvalue weighted by Gasteiger charge is 2.20. The Bertz CT molecular complexity index is 1100. The standard InChI is InChI=1S/C19H19N5O/c25-19-23-17-11-14(16-4-2-10-21-16)6-5-13(17)7-8-18(23)22-24(19)15-3-1-9-20-12-15/h2,4-8,10-11,15,20-21H,1,3,9,12H2/t15-/m0/s1. The summed E-state index contributed by atoms with van der Waals surface area (Å²) in [5, 5.41) is 8.99. The third kappa shape index (κ3) is 2.29.